The van der Waals surface area contributed by atoms with Crippen LogP contribution >= 0.6 is 0 Å². The molecule has 1 amide bonds. The lowest BCUT2D eigenvalue weighted by Crippen LogP contribution is -2.40. The summed E-state index contributed by atoms with van der Waals surface area (Å²) in [6.45, 7) is 4.67. The number of hydrogen-bond donors (Lipinski definition) is 1. The highest BCUT2D eigenvalue weighted by Crippen LogP contribution is 2.34. The first-order chi connectivity index (χ1) is 9.47. The average molecular weight is 278 g/mol. The van der Waals surface area contributed by atoms with Gasteiger partial charge in [-0.3, -0.25) is 9.69 Å². The summed E-state index contributed by atoms with van der Waals surface area (Å²) in [5.41, 5.74) is 1.41. The summed E-state index contributed by atoms with van der Waals surface area (Å²) in [4.78, 5) is 14.0. The van der Waals surface area contributed by atoms with Crippen LogP contribution in [0.4, 0.5) is 4.39 Å². The van der Waals surface area contributed by atoms with Gasteiger partial charge < -0.3 is 5.32 Å². The molecule has 1 saturated carbocycles. The van der Waals surface area contributed by atoms with Gasteiger partial charge >= 0.3 is 0 Å². The molecule has 20 heavy (non-hydrogen) atoms. The fourth-order valence-electron chi connectivity index (χ4n) is 2.31. The van der Waals surface area contributed by atoms with Crippen molar-refractivity contribution in [1.29, 1.82) is 0 Å². The topological polar surface area (TPSA) is 32.3 Å². The third kappa shape index (κ3) is 4.04. The van der Waals surface area contributed by atoms with Gasteiger partial charge in [-0.1, -0.05) is 12.1 Å². The van der Waals surface area contributed by atoms with Gasteiger partial charge in [-0.05, 0) is 56.8 Å². The molecule has 1 fully saturated rings. The molecule has 1 N–H and O–H groups in total. The molecule has 1 aliphatic rings. The summed E-state index contributed by atoms with van der Waals surface area (Å²) in [5, 5.41) is 2.84. The molecular weight excluding hydrogens is 255 g/mol. The molecule has 1 unspecified atom stereocenters. The van der Waals surface area contributed by atoms with Crippen molar-refractivity contribution >= 4 is 5.91 Å². The number of carbonyl (C=O) groups excluding carboxylic acids is 1. The number of aryl methyl sites for hydroxylation is 1. The predicted octanol–water partition coefficient (Wildman–Crippen LogP) is 2.48. The van der Waals surface area contributed by atoms with Crippen molar-refractivity contribution in [2.45, 2.75) is 39.3 Å². The number of amides is 1. The van der Waals surface area contributed by atoms with Crippen molar-refractivity contribution in [1.82, 2.24) is 10.2 Å². The summed E-state index contributed by atoms with van der Waals surface area (Å²) in [6, 6.07) is 5.51. The number of rotatable bonds is 6. The van der Waals surface area contributed by atoms with Gasteiger partial charge in [0.25, 0.3) is 0 Å². The third-order valence-corrected chi connectivity index (χ3v) is 4.12. The van der Waals surface area contributed by atoms with Crippen LogP contribution in [0, 0.1) is 18.7 Å². The molecule has 1 aromatic rings. The first-order valence-electron chi connectivity index (χ1n) is 7.19. The van der Waals surface area contributed by atoms with Crippen LogP contribution in [-0.2, 0) is 11.3 Å². The van der Waals surface area contributed by atoms with E-state index in [1.165, 1.54) is 18.9 Å². The lowest BCUT2D eigenvalue weighted by molar-refractivity contribution is -0.122. The van der Waals surface area contributed by atoms with E-state index in [1.807, 2.05) is 13.1 Å². The maximum absolute atomic E-state index is 13.4. The summed E-state index contributed by atoms with van der Waals surface area (Å²) in [5.74, 6) is 0.510. The molecule has 0 spiro atoms. The van der Waals surface area contributed by atoms with Gasteiger partial charge in [0.2, 0.25) is 5.91 Å². The minimum absolute atomic E-state index is 0.0130. The van der Waals surface area contributed by atoms with Crippen LogP contribution in [0.3, 0.4) is 0 Å². The Balaban J connectivity index is 1.78. The second-order valence-electron chi connectivity index (χ2n) is 5.85. The molecule has 4 heteroatoms. The van der Waals surface area contributed by atoms with Gasteiger partial charge in [-0.25, -0.2) is 4.39 Å². The fraction of sp³-hybridized carbons (Fsp3) is 0.562. The number of nitrogens with zero attached hydrogens (tertiary/aromatic N) is 1. The summed E-state index contributed by atoms with van der Waals surface area (Å²) < 4.78 is 13.4. The second-order valence-corrected chi connectivity index (χ2v) is 5.85. The van der Waals surface area contributed by atoms with E-state index in [1.54, 1.807) is 13.0 Å². The van der Waals surface area contributed by atoms with Gasteiger partial charge in [0.1, 0.15) is 5.82 Å². The average Bonchev–Trinajstić information content (AvgIpc) is 3.23. The van der Waals surface area contributed by atoms with E-state index in [0.29, 0.717) is 24.7 Å². The van der Waals surface area contributed by atoms with Crippen molar-refractivity contribution in [2.24, 2.45) is 5.92 Å². The minimum Gasteiger partial charge on any atom is -0.351 e. The number of carbonyl (C=O) groups is 1. The quantitative estimate of drug-likeness (QED) is 0.867. The Morgan fingerprint density at radius 1 is 1.50 bits per heavy atom. The number of benzene rings is 1. The first kappa shape index (κ1) is 15.0. The third-order valence-electron chi connectivity index (χ3n) is 4.12. The van der Waals surface area contributed by atoms with Crippen molar-refractivity contribution in [3.05, 3.63) is 35.1 Å². The zero-order chi connectivity index (χ0) is 14.7. The number of nitrogens with one attached hydrogen (secondary N) is 1. The molecule has 1 aromatic carbocycles. The molecular formula is C16H23FN2O. The first-order valence-corrected chi connectivity index (χ1v) is 7.19. The molecule has 1 aliphatic carbocycles. The Hall–Kier alpha value is -1.42. The summed E-state index contributed by atoms with van der Waals surface area (Å²) >= 11 is 0. The van der Waals surface area contributed by atoms with Crippen LogP contribution in [0.25, 0.3) is 0 Å². The van der Waals surface area contributed by atoms with Crippen LogP contribution in [0.1, 0.15) is 30.9 Å². The smallest absolute Gasteiger partial charge is 0.234 e. The molecule has 3 nitrogen and oxygen atoms in total. The van der Waals surface area contributed by atoms with Gasteiger partial charge in [0, 0.05) is 12.6 Å². The summed E-state index contributed by atoms with van der Waals surface area (Å²) in [6.07, 6.45) is 2.55. The van der Waals surface area contributed by atoms with Crippen LogP contribution in [0.2, 0.25) is 0 Å². The Morgan fingerprint density at radius 2 is 2.20 bits per heavy atom. The van der Waals surface area contributed by atoms with Crippen LogP contribution in [0.15, 0.2) is 18.2 Å². The van der Waals surface area contributed by atoms with Gasteiger partial charge in [0.05, 0.1) is 6.54 Å². The maximum atomic E-state index is 13.4. The van der Waals surface area contributed by atoms with Crippen molar-refractivity contribution in [3.8, 4) is 0 Å². The number of hydrogen-bond acceptors (Lipinski definition) is 2. The molecule has 2 rings (SSSR count). The Labute approximate surface area is 120 Å². The normalized spacial score (nSPS) is 16.2. The van der Waals surface area contributed by atoms with Crippen molar-refractivity contribution in [3.63, 3.8) is 0 Å². The van der Waals surface area contributed by atoms with E-state index in [-0.39, 0.29) is 11.7 Å². The maximum Gasteiger partial charge on any atom is 0.234 e. The molecule has 0 saturated heterocycles. The molecule has 0 heterocycles. The second kappa shape index (κ2) is 6.35. The minimum atomic E-state index is -0.226. The molecule has 1 atom stereocenters. The molecule has 0 radical (unpaired) electrons. The van der Waals surface area contributed by atoms with E-state index in [0.717, 1.165) is 11.5 Å². The highest BCUT2D eigenvalue weighted by atomic mass is 19.1. The molecule has 0 bridgehead atoms. The number of halogens is 1. The molecule has 0 aromatic heterocycles. The lowest BCUT2D eigenvalue weighted by atomic mass is 10.1. The predicted molar refractivity (Wildman–Crippen MR) is 77.8 cm³/mol. The SMILES string of the molecule is Cc1ccc(CNC(=O)CN(C)C(C)C2CC2)cc1F. The monoisotopic (exact) mass is 278 g/mol. The highest BCUT2D eigenvalue weighted by Gasteiger charge is 2.30. The van der Waals surface area contributed by atoms with Crippen molar-refractivity contribution < 1.29 is 9.18 Å². The van der Waals surface area contributed by atoms with Gasteiger partial charge in [-0.15, -0.1) is 0 Å². The fourth-order valence-corrected chi connectivity index (χ4v) is 2.31. The van der Waals surface area contributed by atoms with Crippen molar-refractivity contribution in [2.75, 3.05) is 13.6 Å². The largest absolute Gasteiger partial charge is 0.351 e. The van der Waals surface area contributed by atoms with E-state index in [9.17, 15) is 9.18 Å². The summed E-state index contributed by atoms with van der Waals surface area (Å²) in [7, 11) is 1.98. The zero-order valence-corrected chi connectivity index (χ0v) is 12.4. The molecule has 110 valence electrons. The van der Waals surface area contributed by atoms with E-state index < -0.39 is 0 Å². The highest BCUT2D eigenvalue weighted by molar-refractivity contribution is 5.78. The standard InChI is InChI=1S/C16H23FN2O/c1-11-4-5-13(8-15(11)17)9-18-16(20)10-19(3)12(2)14-6-7-14/h4-5,8,12,14H,6-7,9-10H2,1-3H3,(H,18,20). The van der Waals surface area contributed by atoms with Gasteiger partial charge in [0.15, 0.2) is 0 Å². The van der Waals surface area contributed by atoms with Crippen LogP contribution in [0.5, 0.6) is 0 Å². The van der Waals surface area contributed by atoms with Gasteiger partial charge in [-0.2, -0.15) is 0 Å². The number of likely N-dealkylation sites (N-methyl/N-ethyl adjacent to an activating group) is 1. The molecule has 0 aliphatic heterocycles. The van der Waals surface area contributed by atoms with E-state index in [4.69, 9.17) is 0 Å². The lowest BCUT2D eigenvalue weighted by Gasteiger charge is -2.23. The Morgan fingerprint density at radius 3 is 2.80 bits per heavy atom. The van der Waals surface area contributed by atoms with Crippen LogP contribution in [-0.4, -0.2) is 30.4 Å². The Bertz CT molecular complexity index is 485. The van der Waals surface area contributed by atoms with E-state index in [2.05, 4.69) is 17.1 Å². The Kier molecular flexibility index (Phi) is 4.76. The van der Waals surface area contributed by atoms with Crippen LogP contribution < -0.4 is 5.32 Å². The van der Waals surface area contributed by atoms with E-state index >= 15 is 0 Å². The zero-order valence-electron chi connectivity index (χ0n) is 12.4.